The fraction of sp³-hybridized carbons (Fsp3) is 0.625. The number of hydrogen-bond acceptors (Lipinski definition) is 3. The molecule has 2 fully saturated rings. The molecule has 0 radical (unpaired) electrons. The highest BCUT2D eigenvalue weighted by Crippen LogP contribution is 2.30. The lowest BCUT2D eigenvalue weighted by Crippen LogP contribution is -2.47. The first-order valence-corrected chi connectivity index (χ1v) is 7.66. The fourth-order valence-electron chi connectivity index (χ4n) is 3.79. The Balaban J connectivity index is 1.71. The number of rotatable bonds is 3. The summed E-state index contributed by atoms with van der Waals surface area (Å²) >= 11 is 0. The van der Waals surface area contributed by atoms with Gasteiger partial charge in [-0.25, -0.2) is 0 Å². The van der Waals surface area contributed by atoms with Crippen molar-refractivity contribution in [3.63, 3.8) is 0 Å². The minimum atomic E-state index is 0.237. The molecule has 2 saturated heterocycles. The normalized spacial score (nSPS) is 27.1. The summed E-state index contributed by atoms with van der Waals surface area (Å²) in [6.07, 6.45) is 8.54. The summed E-state index contributed by atoms with van der Waals surface area (Å²) in [7, 11) is 0. The van der Waals surface area contributed by atoms with Gasteiger partial charge in [-0.3, -0.25) is 14.7 Å². The third-order valence-corrected chi connectivity index (χ3v) is 4.67. The van der Waals surface area contributed by atoms with Gasteiger partial charge < -0.3 is 4.90 Å². The molecule has 2 aliphatic heterocycles. The van der Waals surface area contributed by atoms with Crippen molar-refractivity contribution in [1.82, 2.24) is 14.8 Å². The molecule has 2 aliphatic rings. The Labute approximate surface area is 120 Å². The van der Waals surface area contributed by atoms with Crippen LogP contribution >= 0.6 is 0 Å². The maximum absolute atomic E-state index is 11.8. The third-order valence-electron chi connectivity index (χ3n) is 4.67. The maximum Gasteiger partial charge on any atom is 0.219 e. The van der Waals surface area contributed by atoms with Crippen molar-refractivity contribution < 1.29 is 4.79 Å². The second kappa shape index (κ2) is 5.92. The van der Waals surface area contributed by atoms with Crippen LogP contribution in [0.5, 0.6) is 0 Å². The summed E-state index contributed by atoms with van der Waals surface area (Å²) in [5.41, 5.74) is 1.27. The Morgan fingerprint density at radius 3 is 2.85 bits per heavy atom. The molecule has 0 N–H and O–H groups in total. The maximum atomic E-state index is 11.8. The molecule has 4 heteroatoms. The second-order valence-electron chi connectivity index (χ2n) is 5.96. The highest BCUT2D eigenvalue weighted by molar-refractivity contribution is 5.74. The molecule has 0 saturated carbocycles. The molecule has 0 unspecified atom stereocenters. The predicted octanol–water partition coefficient (Wildman–Crippen LogP) is 2.06. The van der Waals surface area contributed by atoms with Crippen LogP contribution in [0.15, 0.2) is 24.5 Å². The molecule has 3 rings (SSSR count). The van der Waals surface area contributed by atoms with E-state index >= 15 is 0 Å². The number of pyridine rings is 1. The lowest BCUT2D eigenvalue weighted by Gasteiger charge is -2.34. The van der Waals surface area contributed by atoms with Crippen LogP contribution in [-0.4, -0.2) is 45.9 Å². The van der Waals surface area contributed by atoms with Gasteiger partial charge in [-0.2, -0.15) is 0 Å². The van der Waals surface area contributed by atoms with E-state index in [2.05, 4.69) is 20.9 Å². The topological polar surface area (TPSA) is 36.4 Å². The minimum Gasteiger partial charge on any atom is -0.338 e. The average Bonchev–Trinajstić information content (AvgIpc) is 3.07. The SMILES string of the molecule is CC(=O)N1CCC[C@H]1[C@H]1CCCN1Cc1cccnc1. The van der Waals surface area contributed by atoms with Crippen molar-refractivity contribution in [3.05, 3.63) is 30.1 Å². The van der Waals surface area contributed by atoms with E-state index in [-0.39, 0.29) is 5.91 Å². The van der Waals surface area contributed by atoms with E-state index < -0.39 is 0 Å². The van der Waals surface area contributed by atoms with Crippen LogP contribution in [0.2, 0.25) is 0 Å². The minimum absolute atomic E-state index is 0.237. The van der Waals surface area contributed by atoms with Crippen LogP contribution in [0.3, 0.4) is 0 Å². The Morgan fingerprint density at radius 2 is 2.10 bits per heavy atom. The molecule has 2 atom stereocenters. The predicted molar refractivity (Wildman–Crippen MR) is 78.1 cm³/mol. The molecular weight excluding hydrogens is 250 g/mol. The number of likely N-dealkylation sites (tertiary alicyclic amines) is 2. The number of aromatic nitrogens is 1. The first-order valence-electron chi connectivity index (χ1n) is 7.66. The van der Waals surface area contributed by atoms with E-state index in [1.165, 1.54) is 18.4 Å². The van der Waals surface area contributed by atoms with Gasteiger partial charge in [0.1, 0.15) is 0 Å². The Bertz CT molecular complexity index is 462. The van der Waals surface area contributed by atoms with Gasteiger partial charge in [0.25, 0.3) is 0 Å². The Morgan fingerprint density at radius 1 is 1.30 bits per heavy atom. The van der Waals surface area contributed by atoms with Crippen LogP contribution in [0.4, 0.5) is 0 Å². The van der Waals surface area contributed by atoms with Crippen LogP contribution in [0.1, 0.15) is 38.2 Å². The molecule has 1 amide bonds. The van der Waals surface area contributed by atoms with Crippen molar-refractivity contribution in [2.45, 2.75) is 51.2 Å². The van der Waals surface area contributed by atoms with Crippen LogP contribution in [0.25, 0.3) is 0 Å². The van der Waals surface area contributed by atoms with E-state index in [4.69, 9.17) is 0 Å². The zero-order valence-corrected chi connectivity index (χ0v) is 12.2. The summed E-state index contributed by atoms with van der Waals surface area (Å²) in [5.74, 6) is 0.237. The highest BCUT2D eigenvalue weighted by Gasteiger charge is 2.38. The number of nitrogens with zero attached hydrogens (tertiary/aromatic N) is 3. The number of carbonyl (C=O) groups is 1. The van der Waals surface area contributed by atoms with Crippen molar-refractivity contribution in [2.75, 3.05) is 13.1 Å². The van der Waals surface area contributed by atoms with Gasteiger partial charge in [0.05, 0.1) is 0 Å². The van der Waals surface area contributed by atoms with E-state index in [0.717, 1.165) is 32.5 Å². The molecule has 0 aromatic carbocycles. The monoisotopic (exact) mass is 273 g/mol. The fourth-order valence-corrected chi connectivity index (χ4v) is 3.79. The summed E-state index contributed by atoms with van der Waals surface area (Å²) < 4.78 is 0. The first-order chi connectivity index (χ1) is 9.75. The Hall–Kier alpha value is -1.42. The molecule has 0 spiro atoms. The van der Waals surface area contributed by atoms with Crippen LogP contribution < -0.4 is 0 Å². The third kappa shape index (κ3) is 2.70. The zero-order valence-electron chi connectivity index (χ0n) is 12.2. The van der Waals surface area contributed by atoms with E-state index in [1.54, 1.807) is 6.92 Å². The first kappa shape index (κ1) is 13.6. The molecule has 20 heavy (non-hydrogen) atoms. The average molecular weight is 273 g/mol. The van der Waals surface area contributed by atoms with Crippen LogP contribution in [-0.2, 0) is 11.3 Å². The van der Waals surface area contributed by atoms with E-state index in [0.29, 0.717) is 12.1 Å². The van der Waals surface area contributed by atoms with Gasteiger partial charge in [0.15, 0.2) is 0 Å². The summed E-state index contributed by atoms with van der Waals surface area (Å²) in [5, 5.41) is 0. The van der Waals surface area contributed by atoms with Gasteiger partial charge in [0.2, 0.25) is 5.91 Å². The smallest absolute Gasteiger partial charge is 0.219 e. The summed E-state index contributed by atoms with van der Waals surface area (Å²) in [6, 6.07) is 5.09. The van der Waals surface area contributed by atoms with Gasteiger partial charge in [-0.1, -0.05) is 6.07 Å². The second-order valence-corrected chi connectivity index (χ2v) is 5.96. The molecule has 4 nitrogen and oxygen atoms in total. The molecule has 1 aromatic heterocycles. The van der Waals surface area contributed by atoms with E-state index in [9.17, 15) is 4.79 Å². The van der Waals surface area contributed by atoms with Crippen molar-refractivity contribution in [1.29, 1.82) is 0 Å². The largest absolute Gasteiger partial charge is 0.338 e. The van der Waals surface area contributed by atoms with Crippen molar-refractivity contribution in [3.8, 4) is 0 Å². The van der Waals surface area contributed by atoms with Crippen LogP contribution in [0, 0.1) is 0 Å². The summed E-state index contributed by atoms with van der Waals surface area (Å²) in [6.45, 7) is 4.75. The van der Waals surface area contributed by atoms with E-state index in [1.807, 2.05) is 18.5 Å². The van der Waals surface area contributed by atoms with Gasteiger partial charge in [0, 0.05) is 44.5 Å². The molecule has 0 aliphatic carbocycles. The highest BCUT2D eigenvalue weighted by atomic mass is 16.2. The standard InChI is InChI=1S/C16H23N3O/c1-13(20)19-10-4-7-16(19)15-6-3-9-18(15)12-14-5-2-8-17-11-14/h2,5,8,11,15-16H,3-4,6-7,9-10,12H2,1H3/t15-,16+/m1/s1. The van der Waals surface area contributed by atoms with Gasteiger partial charge >= 0.3 is 0 Å². The molecule has 1 aromatic rings. The molecule has 3 heterocycles. The quantitative estimate of drug-likeness (QED) is 0.846. The molecular formula is C16H23N3O. The van der Waals surface area contributed by atoms with Crippen molar-refractivity contribution >= 4 is 5.91 Å². The lowest BCUT2D eigenvalue weighted by molar-refractivity contribution is -0.130. The van der Waals surface area contributed by atoms with Gasteiger partial charge in [-0.05, 0) is 43.9 Å². The number of carbonyl (C=O) groups excluding carboxylic acids is 1. The number of amides is 1. The van der Waals surface area contributed by atoms with Gasteiger partial charge in [-0.15, -0.1) is 0 Å². The zero-order chi connectivity index (χ0) is 13.9. The van der Waals surface area contributed by atoms with Crippen molar-refractivity contribution in [2.24, 2.45) is 0 Å². The molecule has 0 bridgehead atoms. The molecule has 108 valence electrons. The number of hydrogen-bond donors (Lipinski definition) is 0. The lowest BCUT2D eigenvalue weighted by atomic mass is 10.0. The Kier molecular flexibility index (Phi) is 4.01. The summed E-state index contributed by atoms with van der Waals surface area (Å²) in [4.78, 5) is 20.6.